The van der Waals surface area contributed by atoms with Crippen LogP contribution in [0.5, 0.6) is 5.75 Å². The number of fused-ring (bicyclic) bond motifs is 1. The first-order chi connectivity index (χ1) is 12.2. The topological polar surface area (TPSA) is 38.3 Å². The average molecular weight is 339 g/mol. The SMILES string of the molecule is O=C(COc1cccc2c1CCCC2)NC12CC3CC(CC(C3)C1)C2. The van der Waals surface area contributed by atoms with E-state index >= 15 is 0 Å². The summed E-state index contributed by atoms with van der Waals surface area (Å²) in [4.78, 5) is 12.6. The van der Waals surface area contributed by atoms with Crippen LogP contribution in [0.15, 0.2) is 18.2 Å². The zero-order valence-electron chi connectivity index (χ0n) is 15.1. The molecule has 0 aromatic heterocycles. The summed E-state index contributed by atoms with van der Waals surface area (Å²) in [6, 6.07) is 6.30. The lowest BCUT2D eigenvalue weighted by Gasteiger charge is -2.56. The van der Waals surface area contributed by atoms with E-state index in [-0.39, 0.29) is 18.1 Å². The zero-order chi connectivity index (χ0) is 16.9. The molecule has 4 fully saturated rings. The van der Waals surface area contributed by atoms with E-state index in [0.29, 0.717) is 0 Å². The second-order valence-electron chi connectivity index (χ2n) is 9.14. The number of carbonyl (C=O) groups is 1. The number of hydrogen-bond acceptors (Lipinski definition) is 2. The quantitative estimate of drug-likeness (QED) is 0.899. The van der Waals surface area contributed by atoms with E-state index in [1.165, 1.54) is 62.5 Å². The molecule has 0 spiro atoms. The second-order valence-corrected chi connectivity index (χ2v) is 9.14. The fourth-order valence-electron chi connectivity index (χ4n) is 6.62. The van der Waals surface area contributed by atoms with Crippen molar-refractivity contribution in [2.45, 2.75) is 69.7 Å². The largest absolute Gasteiger partial charge is 0.483 e. The maximum atomic E-state index is 12.6. The molecule has 25 heavy (non-hydrogen) atoms. The van der Waals surface area contributed by atoms with E-state index < -0.39 is 0 Å². The molecule has 4 bridgehead atoms. The van der Waals surface area contributed by atoms with Crippen LogP contribution in [-0.4, -0.2) is 18.1 Å². The van der Waals surface area contributed by atoms with E-state index in [2.05, 4.69) is 17.4 Å². The third-order valence-electron chi connectivity index (χ3n) is 7.15. The van der Waals surface area contributed by atoms with Crippen LogP contribution in [0.1, 0.15) is 62.5 Å². The van der Waals surface area contributed by atoms with E-state index in [4.69, 9.17) is 4.74 Å². The second kappa shape index (κ2) is 6.03. The molecule has 0 radical (unpaired) electrons. The van der Waals surface area contributed by atoms with Gasteiger partial charge in [0.05, 0.1) is 0 Å². The Morgan fingerprint density at radius 3 is 2.44 bits per heavy atom. The number of hydrogen-bond donors (Lipinski definition) is 1. The summed E-state index contributed by atoms with van der Waals surface area (Å²) < 4.78 is 5.97. The number of nitrogens with one attached hydrogen (secondary N) is 1. The minimum atomic E-state index is 0.0790. The highest BCUT2D eigenvalue weighted by atomic mass is 16.5. The molecular weight excluding hydrogens is 310 g/mol. The van der Waals surface area contributed by atoms with Crippen molar-refractivity contribution < 1.29 is 9.53 Å². The summed E-state index contributed by atoms with van der Waals surface area (Å²) in [6.45, 7) is 0.165. The molecule has 0 saturated heterocycles. The van der Waals surface area contributed by atoms with Crippen molar-refractivity contribution in [2.75, 3.05) is 6.61 Å². The number of ether oxygens (including phenoxy) is 1. The molecule has 0 aliphatic heterocycles. The Bertz CT molecular complexity index is 645. The first-order valence-electron chi connectivity index (χ1n) is 10.2. The van der Waals surface area contributed by atoms with Gasteiger partial charge in [-0.2, -0.15) is 0 Å². The Hall–Kier alpha value is -1.51. The first-order valence-corrected chi connectivity index (χ1v) is 10.2. The van der Waals surface area contributed by atoms with Crippen LogP contribution in [-0.2, 0) is 17.6 Å². The number of carbonyl (C=O) groups excluding carboxylic acids is 1. The Morgan fingerprint density at radius 2 is 1.72 bits per heavy atom. The Balaban J connectivity index is 1.23. The van der Waals surface area contributed by atoms with Crippen LogP contribution in [0.2, 0.25) is 0 Å². The maximum absolute atomic E-state index is 12.6. The van der Waals surface area contributed by atoms with Crippen molar-refractivity contribution in [3.63, 3.8) is 0 Å². The average Bonchev–Trinajstić information content (AvgIpc) is 2.58. The van der Waals surface area contributed by atoms with Gasteiger partial charge in [-0.1, -0.05) is 12.1 Å². The predicted octanol–water partition coefficient (Wildman–Crippen LogP) is 4.03. The summed E-state index contributed by atoms with van der Waals surface area (Å²) in [5, 5.41) is 3.41. The molecule has 3 heteroatoms. The van der Waals surface area contributed by atoms with Crippen molar-refractivity contribution in [2.24, 2.45) is 17.8 Å². The van der Waals surface area contributed by atoms with Crippen LogP contribution < -0.4 is 10.1 Å². The third-order valence-corrected chi connectivity index (χ3v) is 7.15. The van der Waals surface area contributed by atoms with Crippen molar-refractivity contribution in [3.8, 4) is 5.75 Å². The number of benzene rings is 1. The highest BCUT2D eigenvalue weighted by Gasteiger charge is 2.51. The predicted molar refractivity (Wildman–Crippen MR) is 97.6 cm³/mol. The third kappa shape index (κ3) is 2.96. The summed E-state index contributed by atoms with van der Waals surface area (Å²) >= 11 is 0. The van der Waals surface area contributed by atoms with Gasteiger partial charge in [-0.15, -0.1) is 0 Å². The van der Waals surface area contributed by atoms with Gasteiger partial charge in [-0.25, -0.2) is 0 Å². The van der Waals surface area contributed by atoms with E-state index in [0.717, 1.165) is 36.3 Å². The Kier molecular flexibility index (Phi) is 3.79. The summed E-state index contributed by atoms with van der Waals surface area (Å²) in [5.74, 6) is 3.57. The molecular formula is C22H29NO2. The first kappa shape index (κ1) is 15.7. The molecule has 4 saturated carbocycles. The molecule has 134 valence electrons. The van der Waals surface area contributed by atoms with Gasteiger partial charge in [-0.05, 0) is 99.2 Å². The molecule has 3 nitrogen and oxygen atoms in total. The lowest BCUT2D eigenvalue weighted by Crippen LogP contribution is -2.60. The molecule has 5 aliphatic carbocycles. The van der Waals surface area contributed by atoms with Crippen molar-refractivity contribution in [1.29, 1.82) is 0 Å². The maximum Gasteiger partial charge on any atom is 0.258 e. The van der Waals surface area contributed by atoms with E-state index in [1.807, 2.05) is 6.07 Å². The van der Waals surface area contributed by atoms with Gasteiger partial charge < -0.3 is 10.1 Å². The molecule has 0 atom stereocenters. The van der Waals surface area contributed by atoms with Gasteiger partial charge in [-0.3, -0.25) is 4.79 Å². The Labute approximate surface area is 150 Å². The van der Waals surface area contributed by atoms with Gasteiger partial charge in [0.2, 0.25) is 0 Å². The normalized spacial score (nSPS) is 35.3. The van der Waals surface area contributed by atoms with Gasteiger partial charge >= 0.3 is 0 Å². The molecule has 1 aromatic carbocycles. The van der Waals surface area contributed by atoms with E-state index in [9.17, 15) is 4.79 Å². The number of rotatable bonds is 4. The smallest absolute Gasteiger partial charge is 0.258 e. The zero-order valence-corrected chi connectivity index (χ0v) is 15.1. The van der Waals surface area contributed by atoms with Gasteiger partial charge in [0.1, 0.15) is 5.75 Å². The minimum Gasteiger partial charge on any atom is -0.483 e. The Morgan fingerprint density at radius 1 is 1.04 bits per heavy atom. The van der Waals surface area contributed by atoms with Gasteiger partial charge in [0.15, 0.2) is 6.61 Å². The van der Waals surface area contributed by atoms with Crippen LogP contribution in [0.3, 0.4) is 0 Å². The fourth-order valence-corrected chi connectivity index (χ4v) is 6.62. The molecule has 1 N–H and O–H groups in total. The molecule has 1 amide bonds. The number of aryl methyl sites for hydroxylation is 1. The number of amides is 1. The molecule has 0 unspecified atom stereocenters. The standard InChI is InChI=1S/C22H29NO2/c24-21(14-25-20-7-3-5-18-4-1-2-6-19(18)20)23-22-11-15-8-16(12-22)10-17(9-15)13-22/h3,5,7,15-17H,1-2,4,6,8-14H2,(H,23,24). The molecule has 0 heterocycles. The lowest BCUT2D eigenvalue weighted by atomic mass is 9.53. The van der Waals surface area contributed by atoms with Crippen molar-refractivity contribution in [3.05, 3.63) is 29.3 Å². The van der Waals surface area contributed by atoms with Crippen molar-refractivity contribution in [1.82, 2.24) is 5.32 Å². The fraction of sp³-hybridized carbons (Fsp3) is 0.682. The highest BCUT2D eigenvalue weighted by molar-refractivity contribution is 5.78. The highest BCUT2D eigenvalue weighted by Crippen LogP contribution is 2.55. The molecule has 5 aliphatic rings. The van der Waals surface area contributed by atoms with Crippen LogP contribution in [0.25, 0.3) is 0 Å². The summed E-state index contributed by atoms with van der Waals surface area (Å²) in [7, 11) is 0. The summed E-state index contributed by atoms with van der Waals surface area (Å²) in [5.41, 5.74) is 2.83. The molecule has 6 rings (SSSR count). The van der Waals surface area contributed by atoms with Gasteiger partial charge in [0, 0.05) is 5.54 Å². The van der Waals surface area contributed by atoms with Gasteiger partial charge in [0.25, 0.3) is 5.91 Å². The van der Waals surface area contributed by atoms with Crippen LogP contribution in [0, 0.1) is 17.8 Å². The van der Waals surface area contributed by atoms with E-state index in [1.54, 1.807) is 0 Å². The molecule has 1 aromatic rings. The lowest BCUT2D eigenvalue weighted by molar-refractivity contribution is -0.128. The van der Waals surface area contributed by atoms with Crippen molar-refractivity contribution >= 4 is 5.91 Å². The van der Waals surface area contributed by atoms with Crippen LogP contribution >= 0.6 is 0 Å². The van der Waals surface area contributed by atoms with Crippen LogP contribution in [0.4, 0.5) is 0 Å². The monoisotopic (exact) mass is 339 g/mol. The summed E-state index contributed by atoms with van der Waals surface area (Å²) in [6.07, 6.45) is 12.5. The minimum absolute atomic E-state index is 0.0790.